The minimum atomic E-state index is 0.354. The lowest BCUT2D eigenvalue weighted by atomic mass is 9.94. The number of aryl methyl sites for hydroxylation is 1. The van der Waals surface area contributed by atoms with Crippen molar-refractivity contribution in [2.45, 2.75) is 26.7 Å². The number of hydrogen-bond acceptors (Lipinski definition) is 1. The van der Waals surface area contributed by atoms with Crippen molar-refractivity contribution in [3.63, 3.8) is 0 Å². The summed E-state index contributed by atoms with van der Waals surface area (Å²) in [7, 11) is 0. The van der Waals surface area contributed by atoms with E-state index in [9.17, 15) is 0 Å². The van der Waals surface area contributed by atoms with Gasteiger partial charge in [0.15, 0.2) is 0 Å². The third kappa shape index (κ3) is 1.50. The maximum absolute atomic E-state index is 5.91. The highest BCUT2D eigenvalue weighted by Gasteiger charge is 2.57. The van der Waals surface area contributed by atoms with E-state index in [2.05, 4.69) is 57.2 Å². The van der Waals surface area contributed by atoms with Crippen molar-refractivity contribution in [3.05, 3.63) is 47.5 Å². The molecule has 2 aromatic rings. The second kappa shape index (κ2) is 3.83. The molecule has 1 nitrogen and oxygen atoms in total. The van der Waals surface area contributed by atoms with Crippen LogP contribution in [0.1, 0.15) is 30.9 Å². The molecule has 2 atom stereocenters. The fraction of sp³-hybridized carbons (Fsp3) is 0.412. The van der Waals surface area contributed by atoms with Crippen LogP contribution < -0.4 is 5.73 Å². The van der Waals surface area contributed by atoms with E-state index in [0.717, 1.165) is 6.54 Å². The van der Waals surface area contributed by atoms with Gasteiger partial charge in [0.1, 0.15) is 0 Å². The zero-order valence-electron chi connectivity index (χ0n) is 11.4. The number of benzene rings is 2. The Balaban J connectivity index is 2.18. The summed E-state index contributed by atoms with van der Waals surface area (Å²) in [6, 6.07) is 13.3. The molecule has 0 amide bonds. The third-order valence-electron chi connectivity index (χ3n) is 4.82. The Morgan fingerprint density at radius 1 is 1.06 bits per heavy atom. The Morgan fingerprint density at radius 3 is 2.33 bits per heavy atom. The first-order chi connectivity index (χ1) is 8.57. The second-order valence-corrected chi connectivity index (χ2v) is 6.16. The summed E-state index contributed by atoms with van der Waals surface area (Å²) in [5.41, 5.74) is 9.11. The van der Waals surface area contributed by atoms with Crippen molar-refractivity contribution in [2.24, 2.45) is 17.1 Å². The number of rotatable bonds is 2. The summed E-state index contributed by atoms with van der Waals surface area (Å²) in [6.45, 7) is 7.65. The minimum Gasteiger partial charge on any atom is -0.330 e. The smallest absolute Gasteiger partial charge is 0.00375 e. The fourth-order valence-electron chi connectivity index (χ4n) is 3.55. The van der Waals surface area contributed by atoms with Crippen LogP contribution in [0.25, 0.3) is 10.8 Å². The highest BCUT2D eigenvalue weighted by atomic mass is 14.7. The summed E-state index contributed by atoms with van der Waals surface area (Å²) in [5.74, 6) is 1.25. The van der Waals surface area contributed by atoms with Gasteiger partial charge in [-0.15, -0.1) is 0 Å². The first kappa shape index (κ1) is 11.7. The standard InChI is InChI=1S/C17H21N/c1-11-8-9-14(13-7-5-4-6-12(11)13)16-15(10-18)17(16,2)3/h4-9,15-16H,10,18H2,1-3H3/t15-,16-/m0/s1. The molecule has 1 aliphatic carbocycles. The summed E-state index contributed by atoms with van der Waals surface area (Å²) >= 11 is 0. The molecule has 0 spiro atoms. The molecular weight excluding hydrogens is 218 g/mol. The summed E-state index contributed by atoms with van der Waals surface area (Å²) in [6.07, 6.45) is 0. The normalized spacial score (nSPS) is 25.3. The van der Waals surface area contributed by atoms with Crippen molar-refractivity contribution < 1.29 is 0 Å². The van der Waals surface area contributed by atoms with Gasteiger partial charge >= 0.3 is 0 Å². The average Bonchev–Trinajstić information content (AvgIpc) is 2.92. The van der Waals surface area contributed by atoms with E-state index in [4.69, 9.17) is 5.73 Å². The van der Waals surface area contributed by atoms with Crippen LogP contribution in [0.5, 0.6) is 0 Å². The monoisotopic (exact) mass is 239 g/mol. The number of fused-ring (bicyclic) bond motifs is 1. The lowest BCUT2D eigenvalue weighted by Gasteiger charge is -2.10. The van der Waals surface area contributed by atoms with Gasteiger partial charge in [-0.25, -0.2) is 0 Å². The quantitative estimate of drug-likeness (QED) is 0.846. The Kier molecular flexibility index (Phi) is 2.49. The van der Waals surface area contributed by atoms with Crippen molar-refractivity contribution in [2.75, 3.05) is 6.54 Å². The number of hydrogen-bond donors (Lipinski definition) is 1. The largest absolute Gasteiger partial charge is 0.330 e. The second-order valence-electron chi connectivity index (χ2n) is 6.16. The SMILES string of the molecule is Cc1ccc([C@H]2[C@H](CN)C2(C)C)c2ccccc12. The Labute approximate surface area is 109 Å². The first-order valence-corrected chi connectivity index (χ1v) is 6.75. The summed E-state index contributed by atoms with van der Waals surface area (Å²) < 4.78 is 0. The van der Waals surface area contributed by atoms with Crippen LogP contribution in [0.3, 0.4) is 0 Å². The average molecular weight is 239 g/mol. The Morgan fingerprint density at radius 2 is 1.72 bits per heavy atom. The predicted octanol–water partition coefficient (Wildman–Crippen LogP) is 3.85. The van der Waals surface area contributed by atoms with Gasteiger partial charge in [0.05, 0.1) is 0 Å². The van der Waals surface area contributed by atoms with Gasteiger partial charge in [-0.1, -0.05) is 50.2 Å². The summed E-state index contributed by atoms with van der Waals surface area (Å²) in [4.78, 5) is 0. The predicted molar refractivity (Wildman–Crippen MR) is 77.8 cm³/mol. The Hall–Kier alpha value is -1.34. The van der Waals surface area contributed by atoms with E-state index < -0.39 is 0 Å². The summed E-state index contributed by atoms with van der Waals surface area (Å²) in [5, 5.41) is 2.79. The highest BCUT2D eigenvalue weighted by molar-refractivity contribution is 5.89. The molecule has 1 aliphatic rings. The molecule has 3 rings (SSSR count). The van der Waals surface area contributed by atoms with Crippen LogP contribution in [-0.2, 0) is 0 Å². The topological polar surface area (TPSA) is 26.0 Å². The molecule has 1 fully saturated rings. The van der Waals surface area contributed by atoms with E-state index >= 15 is 0 Å². The van der Waals surface area contributed by atoms with E-state index in [1.165, 1.54) is 21.9 Å². The maximum Gasteiger partial charge on any atom is -0.00375 e. The van der Waals surface area contributed by atoms with Gasteiger partial charge in [-0.05, 0) is 52.6 Å². The van der Waals surface area contributed by atoms with Gasteiger partial charge in [0.2, 0.25) is 0 Å². The van der Waals surface area contributed by atoms with Crippen LogP contribution >= 0.6 is 0 Å². The molecule has 1 heteroatoms. The molecule has 0 aliphatic heterocycles. The van der Waals surface area contributed by atoms with Gasteiger partial charge in [-0.2, -0.15) is 0 Å². The van der Waals surface area contributed by atoms with E-state index in [1.807, 2.05) is 0 Å². The van der Waals surface area contributed by atoms with E-state index in [-0.39, 0.29) is 0 Å². The van der Waals surface area contributed by atoms with E-state index in [0.29, 0.717) is 17.3 Å². The molecule has 0 unspecified atom stereocenters. The van der Waals surface area contributed by atoms with Crippen molar-refractivity contribution in [3.8, 4) is 0 Å². The molecule has 0 radical (unpaired) electrons. The Bertz CT molecular complexity index is 598. The van der Waals surface area contributed by atoms with Crippen molar-refractivity contribution in [1.29, 1.82) is 0 Å². The van der Waals surface area contributed by atoms with Crippen molar-refractivity contribution >= 4 is 10.8 Å². The lowest BCUT2D eigenvalue weighted by Crippen LogP contribution is -2.05. The first-order valence-electron chi connectivity index (χ1n) is 6.75. The maximum atomic E-state index is 5.91. The molecule has 18 heavy (non-hydrogen) atoms. The highest BCUT2D eigenvalue weighted by Crippen LogP contribution is 2.64. The number of nitrogens with two attached hydrogens (primary N) is 1. The van der Waals surface area contributed by atoms with E-state index in [1.54, 1.807) is 0 Å². The zero-order valence-corrected chi connectivity index (χ0v) is 11.4. The van der Waals surface area contributed by atoms with Gasteiger partial charge in [0, 0.05) is 0 Å². The van der Waals surface area contributed by atoms with Crippen LogP contribution in [0, 0.1) is 18.3 Å². The molecule has 2 N–H and O–H groups in total. The molecule has 0 heterocycles. The fourth-order valence-corrected chi connectivity index (χ4v) is 3.55. The van der Waals surface area contributed by atoms with Gasteiger partial charge in [-0.3, -0.25) is 0 Å². The van der Waals surface area contributed by atoms with Gasteiger partial charge < -0.3 is 5.73 Å². The molecule has 0 aromatic heterocycles. The van der Waals surface area contributed by atoms with Crippen LogP contribution in [0.4, 0.5) is 0 Å². The molecule has 0 saturated heterocycles. The molecule has 2 aromatic carbocycles. The zero-order chi connectivity index (χ0) is 12.9. The molecule has 94 valence electrons. The molecule has 0 bridgehead atoms. The molecule has 1 saturated carbocycles. The third-order valence-corrected chi connectivity index (χ3v) is 4.82. The van der Waals surface area contributed by atoms with Crippen molar-refractivity contribution in [1.82, 2.24) is 0 Å². The minimum absolute atomic E-state index is 0.354. The molecular formula is C17H21N. The van der Waals surface area contributed by atoms with Crippen LogP contribution in [-0.4, -0.2) is 6.54 Å². The van der Waals surface area contributed by atoms with Gasteiger partial charge in [0.25, 0.3) is 0 Å². The lowest BCUT2D eigenvalue weighted by molar-refractivity contribution is 0.559. The van der Waals surface area contributed by atoms with Crippen LogP contribution in [0.15, 0.2) is 36.4 Å². The van der Waals surface area contributed by atoms with Crippen LogP contribution in [0.2, 0.25) is 0 Å².